The molecule has 0 bridgehead atoms. The highest BCUT2D eigenvalue weighted by Crippen LogP contribution is 2.20. The topological polar surface area (TPSA) is 73.9 Å². The van der Waals surface area contributed by atoms with Gasteiger partial charge in [0.25, 0.3) is 0 Å². The molecule has 0 aliphatic carbocycles. The monoisotopic (exact) mass is 218 g/mol. The lowest BCUT2D eigenvalue weighted by Crippen LogP contribution is -2.11. The van der Waals surface area contributed by atoms with Crippen LogP contribution in [0.25, 0.3) is 0 Å². The number of halogens is 1. The Kier molecular flexibility index (Phi) is 3.58. The average molecular weight is 218 g/mol. The molecule has 0 heterocycles. The fourth-order valence-electron chi connectivity index (χ4n) is 1.13. The van der Waals surface area contributed by atoms with Gasteiger partial charge in [0.05, 0.1) is 19.2 Å². The fourth-order valence-corrected chi connectivity index (χ4v) is 1.13. The highest BCUT2D eigenvalue weighted by atomic mass is 19.1. The summed E-state index contributed by atoms with van der Waals surface area (Å²) in [5, 5.41) is 17.1. The number of nitriles is 2. The van der Waals surface area contributed by atoms with E-state index in [1.807, 2.05) is 0 Å². The zero-order chi connectivity index (χ0) is 12.1. The lowest BCUT2D eigenvalue weighted by atomic mass is 10.00. The first-order chi connectivity index (χ1) is 7.63. The van der Waals surface area contributed by atoms with Crippen molar-refractivity contribution in [2.45, 2.75) is 0 Å². The molecule has 0 aliphatic rings. The third-order valence-corrected chi connectivity index (χ3v) is 1.96. The smallest absolute Gasteiger partial charge is 0.195 e. The molecule has 16 heavy (non-hydrogen) atoms. The Hall–Kier alpha value is -2.40. The third kappa shape index (κ3) is 2.15. The number of benzene rings is 1. The molecule has 0 saturated heterocycles. The second kappa shape index (κ2) is 4.90. The molecule has 4 nitrogen and oxygen atoms in total. The van der Waals surface area contributed by atoms with E-state index < -0.39 is 17.5 Å². The standard InChI is InChI=1S/C11H7FN2O2/c1-16-10-4-7(2-3-9(10)12)11(15)8(5-13)6-14/h2-4,8H,1H3. The fraction of sp³-hybridized carbons (Fsp3) is 0.182. The van der Waals surface area contributed by atoms with Crippen molar-refractivity contribution in [2.24, 2.45) is 5.92 Å². The van der Waals surface area contributed by atoms with Gasteiger partial charge in [0, 0.05) is 5.56 Å². The molecule has 0 unspecified atom stereocenters. The minimum absolute atomic E-state index is 0.0753. The molecule has 0 fully saturated rings. The van der Waals surface area contributed by atoms with Gasteiger partial charge in [-0.2, -0.15) is 10.5 Å². The summed E-state index contributed by atoms with van der Waals surface area (Å²) in [6.45, 7) is 0. The molecule has 0 saturated carbocycles. The van der Waals surface area contributed by atoms with Crippen molar-refractivity contribution < 1.29 is 13.9 Å². The molecular weight excluding hydrogens is 211 g/mol. The number of carbonyl (C=O) groups is 1. The van der Waals surface area contributed by atoms with Crippen LogP contribution in [-0.2, 0) is 0 Å². The van der Waals surface area contributed by atoms with E-state index in [-0.39, 0.29) is 11.3 Å². The summed E-state index contributed by atoms with van der Waals surface area (Å²) in [5.74, 6) is -2.75. The zero-order valence-corrected chi connectivity index (χ0v) is 8.40. The van der Waals surface area contributed by atoms with Gasteiger partial charge in [-0.15, -0.1) is 0 Å². The molecule has 0 spiro atoms. The third-order valence-electron chi connectivity index (χ3n) is 1.96. The summed E-state index contributed by atoms with van der Waals surface area (Å²) < 4.78 is 17.7. The lowest BCUT2D eigenvalue weighted by Gasteiger charge is -2.04. The van der Waals surface area contributed by atoms with Crippen molar-refractivity contribution in [1.29, 1.82) is 10.5 Å². The average Bonchev–Trinajstić information content (AvgIpc) is 2.31. The van der Waals surface area contributed by atoms with E-state index in [1.54, 1.807) is 12.1 Å². The van der Waals surface area contributed by atoms with Crippen LogP contribution in [0.5, 0.6) is 5.75 Å². The molecule has 1 aromatic carbocycles. The van der Waals surface area contributed by atoms with Crippen LogP contribution in [0.3, 0.4) is 0 Å². The van der Waals surface area contributed by atoms with Gasteiger partial charge >= 0.3 is 0 Å². The molecular formula is C11H7FN2O2. The Morgan fingerprint density at radius 3 is 2.56 bits per heavy atom. The van der Waals surface area contributed by atoms with Crippen LogP contribution in [0.4, 0.5) is 4.39 Å². The van der Waals surface area contributed by atoms with Crippen LogP contribution in [0, 0.1) is 34.4 Å². The highest BCUT2D eigenvalue weighted by Gasteiger charge is 2.20. The van der Waals surface area contributed by atoms with Gasteiger partial charge in [0.1, 0.15) is 0 Å². The molecule has 0 amide bonds. The summed E-state index contributed by atoms with van der Waals surface area (Å²) in [4.78, 5) is 11.6. The summed E-state index contributed by atoms with van der Waals surface area (Å²) in [6, 6.07) is 6.54. The minimum atomic E-state index is -1.38. The van der Waals surface area contributed by atoms with Crippen molar-refractivity contribution in [3.05, 3.63) is 29.6 Å². The summed E-state index contributed by atoms with van der Waals surface area (Å²) in [6.07, 6.45) is 0. The predicted molar refractivity (Wildman–Crippen MR) is 52.0 cm³/mol. The van der Waals surface area contributed by atoms with Gasteiger partial charge in [-0.1, -0.05) is 0 Å². The summed E-state index contributed by atoms with van der Waals surface area (Å²) in [5.41, 5.74) is 0.0753. The molecule has 80 valence electrons. The van der Waals surface area contributed by atoms with Gasteiger partial charge < -0.3 is 4.74 Å². The minimum Gasteiger partial charge on any atom is -0.494 e. The highest BCUT2D eigenvalue weighted by molar-refractivity contribution is 6.01. The van der Waals surface area contributed by atoms with Gasteiger partial charge in [0.15, 0.2) is 23.3 Å². The van der Waals surface area contributed by atoms with Crippen LogP contribution in [0.2, 0.25) is 0 Å². The molecule has 0 aromatic heterocycles. The van der Waals surface area contributed by atoms with Crippen LogP contribution in [0.1, 0.15) is 10.4 Å². The van der Waals surface area contributed by atoms with Gasteiger partial charge in [-0.3, -0.25) is 4.79 Å². The Morgan fingerprint density at radius 1 is 1.44 bits per heavy atom. The van der Waals surface area contributed by atoms with E-state index >= 15 is 0 Å². The second-order valence-electron chi connectivity index (χ2n) is 2.90. The summed E-state index contributed by atoms with van der Waals surface area (Å²) in [7, 11) is 1.26. The Bertz CT molecular complexity index is 486. The van der Waals surface area contributed by atoms with E-state index in [4.69, 9.17) is 10.5 Å². The van der Waals surface area contributed by atoms with Gasteiger partial charge in [-0.05, 0) is 18.2 Å². The van der Waals surface area contributed by atoms with Crippen molar-refractivity contribution >= 4 is 5.78 Å². The van der Waals surface area contributed by atoms with Gasteiger partial charge in [-0.25, -0.2) is 4.39 Å². The molecule has 5 heteroatoms. The maximum atomic E-state index is 13.0. The van der Waals surface area contributed by atoms with Crippen molar-refractivity contribution in [2.75, 3.05) is 7.11 Å². The molecule has 0 atom stereocenters. The van der Waals surface area contributed by atoms with Gasteiger partial charge in [0.2, 0.25) is 0 Å². The SMILES string of the molecule is COc1cc(C(=O)C(C#N)C#N)ccc1F. The number of methoxy groups -OCH3 is 1. The normalized spacial score (nSPS) is 9.31. The largest absolute Gasteiger partial charge is 0.494 e. The molecule has 1 rings (SSSR count). The van der Waals surface area contributed by atoms with E-state index in [0.29, 0.717) is 0 Å². The Labute approximate surface area is 91.5 Å². The van der Waals surface area contributed by atoms with E-state index in [0.717, 1.165) is 6.07 Å². The number of hydrogen-bond acceptors (Lipinski definition) is 4. The first-order valence-electron chi connectivity index (χ1n) is 4.31. The van der Waals surface area contributed by atoms with Crippen LogP contribution >= 0.6 is 0 Å². The van der Waals surface area contributed by atoms with E-state index in [1.165, 1.54) is 19.2 Å². The number of Topliss-reactive ketones (excluding diaryl/α,β-unsaturated/α-hetero) is 1. The van der Waals surface area contributed by atoms with E-state index in [2.05, 4.69) is 4.74 Å². The maximum Gasteiger partial charge on any atom is 0.195 e. The molecule has 1 aromatic rings. The number of rotatable bonds is 3. The van der Waals surface area contributed by atoms with Crippen LogP contribution in [-0.4, -0.2) is 12.9 Å². The Balaban J connectivity index is 3.12. The van der Waals surface area contributed by atoms with Crippen molar-refractivity contribution in [1.82, 2.24) is 0 Å². The lowest BCUT2D eigenvalue weighted by molar-refractivity contribution is 0.0970. The van der Waals surface area contributed by atoms with Crippen molar-refractivity contribution in [3.63, 3.8) is 0 Å². The number of ketones is 1. The second-order valence-corrected chi connectivity index (χ2v) is 2.90. The first kappa shape index (κ1) is 11.7. The quantitative estimate of drug-likeness (QED) is 0.723. The molecule has 0 N–H and O–H groups in total. The number of hydrogen-bond donors (Lipinski definition) is 0. The first-order valence-corrected chi connectivity index (χ1v) is 4.31. The molecule has 0 aliphatic heterocycles. The predicted octanol–water partition coefficient (Wildman–Crippen LogP) is 1.68. The number of nitrogens with zero attached hydrogens (tertiary/aromatic N) is 2. The maximum absolute atomic E-state index is 13.0. The zero-order valence-electron chi connectivity index (χ0n) is 8.40. The summed E-state index contributed by atoms with van der Waals surface area (Å²) >= 11 is 0. The number of carbonyl (C=O) groups excluding carboxylic acids is 1. The molecule has 0 radical (unpaired) electrons. The van der Waals surface area contributed by atoms with Crippen LogP contribution < -0.4 is 4.74 Å². The van der Waals surface area contributed by atoms with Crippen molar-refractivity contribution in [3.8, 4) is 17.9 Å². The van der Waals surface area contributed by atoms with Crippen LogP contribution in [0.15, 0.2) is 18.2 Å². The number of ether oxygens (including phenoxy) is 1. The van der Waals surface area contributed by atoms with E-state index in [9.17, 15) is 9.18 Å². The Morgan fingerprint density at radius 2 is 2.06 bits per heavy atom.